The predicted molar refractivity (Wildman–Crippen MR) is 59.9 cm³/mol. The van der Waals surface area contributed by atoms with Gasteiger partial charge < -0.3 is 15.4 Å². The van der Waals surface area contributed by atoms with Crippen LogP contribution in [0.2, 0.25) is 0 Å². The van der Waals surface area contributed by atoms with Crippen molar-refractivity contribution in [1.29, 1.82) is 0 Å². The highest BCUT2D eigenvalue weighted by atomic mass is 32.1. The van der Waals surface area contributed by atoms with Gasteiger partial charge in [0.2, 0.25) is 0 Å². The normalized spacial score (nSPS) is 10.2. The third-order valence-electron chi connectivity index (χ3n) is 1.48. The molecule has 0 atom stereocenters. The van der Waals surface area contributed by atoms with Crippen molar-refractivity contribution in [3.63, 3.8) is 0 Å². The van der Waals surface area contributed by atoms with Gasteiger partial charge in [0.25, 0.3) is 0 Å². The number of thiocarbonyl (C=S) groups is 1. The molecule has 0 aromatic carbocycles. The first-order valence-electron chi connectivity index (χ1n) is 4.67. The molecule has 0 bridgehead atoms. The van der Waals surface area contributed by atoms with Gasteiger partial charge in [-0.25, -0.2) is 0 Å². The van der Waals surface area contributed by atoms with Crippen molar-refractivity contribution in [1.82, 2.24) is 10.6 Å². The Balaban J connectivity index is 3.20. The van der Waals surface area contributed by atoms with Gasteiger partial charge in [-0.15, -0.1) is 0 Å². The maximum atomic E-state index is 5.06. The summed E-state index contributed by atoms with van der Waals surface area (Å²) >= 11 is 5.06. The predicted octanol–water partition coefficient (Wildman–Crippen LogP) is 1.14. The highest BCUT2D eigenvalue weighted by Gasteiger charge is 1.96. The highest BCUT2D eigenvalue weighted by Crippen LogP contribution is 1.86. The van der Waals surface area contributed by atoms with Crippen LogP contribution in [0.1, 0.15) is 20.3 Å². The first kappa shape index (κ1) is 12.7. The molecule has 0 saturated carbocycles. The second kappa shape index (κ2) is 8.26. The van der Waals surface area contributed by atoms with Gasteiger partial charge in [0.15, 0.2) is 5.11 Å². The zero-order valence-corrected chi connectivity index (χ0v) is 9.54. The Morgan fingerprint density at radius 3 is 2.62 bits per heavy atom. The molecular formula is C9H20N2OS. The Morgan fingerprint density at radius 2 is 2.08 bits per heavy atom. The van der Waals surface area contributed by atoms with Crippen LogP contribution >= 0.6 is 12.2 Å². The van der Waals surface area contributed by atoms with Crippen molar-refractivity contribution in [3.05, 3.63) is 0 Å². The van der Waals surface area contributed by atoms with E-state index < -0.39 is 0 Å². The standard InChI is InChI=1S/C9H20N2OS/c1-8(2)7-11-9(13)10-5-4-6-12-3/h8H,4-7H2,1-3H3,(H2,10,11,13). The van der Waals surface area contributed by atoms with Gasteiger partial charge in [0.1, 0.15) is 0 Å². The largest absolute Gasteiger partial charge is 0.385 e. The van der Waals surface area contributed by atoms with E-state index in [9.17, 15) is 0 Å². The molecule has 3 nitrogen and oxygen atoms in total. The van der Waals surface area contributed by atoms with Crippen LogP contribution < -0.4 is 10.6 Å². The van der Waals surface area contributed by atoms with Crippen LogP contribution in [-0.4, -0.2) is 31.9 Å². The average Bonchev–Trinajstić information content (AvgIpc) is 2.09. The van der Waals surface area contributed by atoms with Gasteiger partial charge in [-0.1, -0.05) is 13.8 Å². The van der Waals surface area contributed by atoms with E-state index in [0.717, 1.165) is 31.2 Å². The van der Waals surface area contributed by atoms with Crippen molar-refractivity contribution in [2.24, 2.45) is 5.92 Å². The molecule has 0 radical (unpaired) electrons. The average molecular weight is 204 g/mol. The van der Waals surface area contributed by atoms with E-state index in [0.29, 0.717) is 5.92 Å². The molecule has 2 N–H and O–H groups in total. The summed E-state index contributed by atoms with van der Waals surface area (Å²) in [6.45, 7) is 6.88. The molecule has 13 heavy (non-hydrogen) atoms. The fraction of sp³-hybridized carbons (Fsp3) is 0.889. The zero-order valence-electron chi connectivity index (χ0n) is 8.72. The summed E-state index contributed by atoms with van der Waals surface area (Å²) in [5.74, 6) is 0.624. The Bertz CT molecular complexity index is 140. The number of ether oxygens (including phenoxy) is 1. The lowest BCUT2D eigenvalue weighted by molar-refractivity contribution is 0.195. The second-order valence-electron chi connectivity index (χ2n) is 3.38. The highest BCUT2D eigenvalue weighted by molar-refractivity contribution is 7.80. The first-order chi connectivity index (χ1) is 6.16. The number of methoxy groups -OCH3 is 1. The van der Waals surface area contributed by atoms with Crippen molar-refractivity contribution in [2.75, 3.05) is 26.8 Å². The summed E-state index contributed by atoms with van der Waals surface area (Å²) in [6, 6.07) is 0. The van der Waals surface area contributed by atoms with E-state index in [1.807, 2.05) is 0 Å². The summed E-state index contributed by atoms with van der Waals surface area (Å²) < 4.78 is 4.92. The summed E-state index contributed by atoms with van der Waals surface area (Å²) in [5.41, 5.74) is 0. The van der Waals surface area contributed by atoms with E-state index in [4.69, 9.17) is 17.0 Å². The molecule has 0 aliphatic rings. The van der Waals surface area contributed by atoms with E-state index >= 15 is 0 Å². The van der Waals surface area contributed by atoms with Crippen LogP contribution in [0, 0.1) is 5.92 Å². The fourth-order valence-electron chi connectivity index (χ4n) is 0.778. The van der Waals surface area contributed by atoms with Crippen molar-refractivity contribution in [3.8, 4) is 0 Å². The third kappa shape index (κ3) is 9.56. The van der Waals surface area contributed by atoms with Gasteiger partial charge in [0.05, 0.1) is 0 Å². The minimum atomic E-state index is 0.624. The Labute approximate surface area is 86.2 Å². The Morgan fingerprint density at radius 1 is 1.38 bits per heavy atom. The Hall–Kier alpha value is -0.350. The first-order valence-corrected chi connectivity index (χ1v) is 5.08. The lowest BCUT2D eigenvalue weighted by Gasteiger charge is -2.11. The monoisotopic (exact) mass is 204 g/mol. The fourth-order valence-corrected chi connectivity index (χ4v) is 0.963. The second-order valence-corrected chi connectivity index (χ2v) is 3.79. The molecule has 0 saturated heterocycles. The maximum absolute atomic E-state index is 5.06. The van der Waals surface area contributed by atoms with Crippen LogP contribution in [0.3, 0.4) is 0 Å². The van der Waals surface area contributed by atoms with Crippen molar-refractivity contribution < 1.29 is 4.74 Å². The third-order valence-corrected chi connectivity index (χ3v) is 1.77. The summed E-state index contributed by atoms with van der Waals surface area (Å²) in [5, 5.41) is 6.99. The molecule has 0 spiro atoms. The molecule has 4 heteroatoms. The minimum absolute atomic E-state index is 0.624. The lowest BCUT2D eigenvalue weighted by atomic mass is 10.2. The Kier molecular flexibility index (Phi) is 8.04. The van der Waals surface area contributed by atoms with E-state index in [-0.39, 0.29) is 0 Å². The van der Waals surface area contributed by atoms with Gasteiger partial charge >= 0.3 is 0 Å². The zero-order chi connectivity index (χ0) is 10.1. The molecule has 0 fully saturated rings. The van der Waals surface area contributed by atoms with E-state index in [1.54, 1.807) is 7.11 Å². The minimum Gasteiger partial charge on any atom is -0.385 e. The molecule has 0 unspecified atom stereocenters. The summed E-state index contributed by atoms with van der Waals surface area (Å²) in [4.78, 5) is 0. The quantitative estimate of drug-likeness (QED) is 0.502. The maximum Gasteiger partial charge on any atom is 0.166 e. The van der Waals surface area contributed by atoms with E-state index in [1.165, 1.54) is 0 Å². The number of nitrogens with one attached hydrogen (secondary N) is 2. The SMILES string of the molecule is COCCCNC(=S)NCC(C)C. The molecule has 0 rings (SSSR count). The van der Waals surface area contributed by atoms with Gasteiger partial charge in [0, 0.05) is 26.8 Å². The van der Waals surface area contributed by atoms with Gasteiger partial charge in [-0.05, 0) is 24.6 Å². The van der Waals surface area contributed by atoms with Crippen LogP contribution in [0.15, 0.2) is 0 Å². The van der Waals surface area contributed by atoms with Crippen LogP contribution in [0.4, 0.5) is 0 Å². The van der Waals surface area contributed by atoms with Gasteiger partial charge in [-0.3, -0.25) is 0 Å². The molecule has 0 heterocycles. The van der Waals surface area contributed by atoms with Gasteiger partial charge in [-0.2, -0.15) is 0 Å². The van der Waals surface area contributed by atoms with Crippen molar-refractivity contribution >= 4 is 17.3 Å². The molecule has 0 aromatic heterocycles. The molecule has 0 aromatic rings. The van der Waals surface area contributed by atoms with Crippen LogP contribution in [-0.2, 0) is 4.74 Å². The molecule has 0 aliphatic heterocycles. The molecular weight excluding hydrogens is 184 g/mol. The number of hydrogen-bond acceptors (Lipinski definition) is 2. The summed E-state index contributed by atoms with van der Waals surface area (Å²) in [7, 11) is 1.70. The van der Waals surface area contributed by atoms with E-state index in [2.05, 4.69) is 24.5 Å². The number of hydrogen-bond donors (Lipinski definition) is 2. The van der Waals surface area contributed by atoms with Crippen LogP contribution in [0.25, 0.3) is 0 Å². The molecule has 78 valence electrons. The molecule has 0 aliphatic carbocycles. The molecule has 0 amide bonds. The smallest absolute Gasteiger partial charge is 0.166 e. The summed E-state index contributed by atoms with van der Waals surface area (Å²) in [6.07, 6.45) is 0.986. The topological polar surface area (TPSA) is 33.3 Å². The van der Waals surface area contributed by atoms with Crippen LogP contribution in [0.5, 0.6) is 0 Å². The lowest BCUT2D eigenvalue weighted by Crippen LogP contribution is -2.37. The number of rotatable bonds is 6. The van der Waals surface area contributed by atoms with Crippen molar-refractivity contribution in [2.45, 2.75) is 20.3 Å².